The maximum absolute atomic E-state index is 13.0. The molecule has 1 aromatic heterocycles. The molecule has 0 fully saturated rings. The van der Waals surface area contributed by atoms with Crippen molar-refractivity contribution < 1.29 is 19.0 Å². The van der Waals surface area contributed by atoms with E-state index >= 15 is 0 Å². The molecule has 1 amide bonds. The molecule has 0 radical (unpaired) electrons. The lowest BCUT2D eigenvalue weighted by molar-refractivity contribution is -0.117. The summed E-state index contributed by atoms with van der Waals surface area (Å²) in [5.41, 5.74) is 6.98. The number of carbonyl (C=O) groups is 1. The molecule has 208 valence electrons. The average Bonchev–Trinajstić information content (AvgIpc) is 2.99. The third kappa shape index (κ3) is 6.54. The number of amides is 1. The Bertz CT molecular complexity index is 1410. The number of hydrogen-bond acceptors (Lipinski definition) is 6. The van der Waals surface area contributed by atoms with Gasteiger partial charge in [-0.05, 0) is 91.6 Å². The predicted molar refractivity (Wildman–Crippen MR) is 161 cm³/mol. The molecule has 4 rings (SSSR count). The molecule has 40 heavy (non-hydrogen) atoms. The molecule has 0 aliphatic carbocycles. The van der Waals surface area contributed by atoms with Gasteiger partial charge in [-0.1, -0.05) is 24.3 Å². The van der Waals surface area contributed by atoms with Gasteiger partial charge in [0.2, 0.25) is 11.7 Å². The first-order valence-electron chi connectivity index (χ1n) is 13.3. The standard InChI is InChI=1S/C33H37N3O4/c1-7-36(21-24-19-30(38-4)32(40-6)31(20-24)39-5)29-14-10-25(11-15-29)23(3)33(37)35-28-12-8-26(9-13-28)27-16-17-34-22(2)18-27/h8-20,23H,7,21H2,1-6H3,(H,35,37). The molecule has 1 unspecified atom stereocenters. The van der Waals surface area contributed by atoms with Crippen LogP contribution >= 0.6 is 0 Å². The Hall–Kier alpha value is -4.52. The summed E-state index contributed by atoms with van der Waals surface area (Å²) in [7, 11) is 4.84. The molecule has 7 heteroatoms. The molecule has 1 heterocycles. The first-order chi connectivity index (χ1) is 19.4. The minimum atomic E-state index is -0.304. The number of aromatic nitrogens is 1. The highest BCUT2D eigenvalue weighted by atomic mass is 16.5. The van der Waals surface area contributed by atoms with Crippen LogP contribution in [0.5, 0.6) is 17.2 Å². The lowest BCUT2D eigenvalue weighted by atomic mass is 9.99. The van der Waals surface area contributed by atoms with Gasteiger partial charge < -0.3 is 24.4 Å². The molecular formula is C33H37N3O4. The number of rotatable bonds is 11. The Labute approximate surface area is 236 Å². The number of benzene rings is 3. The van der Waals surface area contributed by atoms with Gasteiger partial charge in [-0.25, -0.2) is 0 Å². The summed E-state index contributed by atoms with van der Waals surface area (Å²) in [6, 6.07) is 24.0. The van der Waals surface area contributed by atoms with Crippen molar-refractivity contribution in [1.82, 2.24) is 4.98 Å². The van der Waals surface area contributed by atoms with E-state index in [1.165, 1.54) is 0 Å². The number of aryl methyl sites for hydroxylation is 1. The van der Waals surface area contributed by atoms with Crippen molar-refractivity contribution in [1.29, 1.82) is 0 Å². The second-order valence-corrected chi connectivity index (χ2v) is 9.61. The first kappa shape index (κ1) is 28.5. The van der Waals surface area contributed by atoms with Gasteiger partial charge in [-0.15, -0.1) is 0 Å². The number of nitrogens with zero attached hydrogens (tertiary/aromatic N) is 2. The van der Waals surface area contributed by atoms with Gasteiger partial charge >= 0.3 is 0 Å². The van der Waals surface area contributed by atoms with Crippen LogP contribution in [0.3, 0.4) is 0 Å². The van der Waals surface area contributed by atoms with Gasteiger partial charge in [0.15, 0.2) is 11.5 Å². The zero-order valence-electron chi connectivity index (χ0n) is 24.0. The van der Waals surface area contributed by atoms with E-state index in [9.17, 15) is 4.79 Å². The predicted octanol–water partition coefficient (Wildman–Crippen LogP) is 6.85. The largest absolute Gasteiger partial charge is 0.493 e. The molecule has 7 nitrogen and oxygen atoms in total. The highest BCUT2D eigenvalue weighted by molar-refractivity contribution is 5.95. The molecule has 0 bridgehead atoms. The Morgan fingerprint density at radius 3 is 2.08 bits per heavy atom. The number of nitrogens with one attached hydrogen (secondary N) is 1. The third-order valence-electron chi connectivity index (χ3n) is 7.01. The van der Waals surface area contributed by atoms with Crippen molar-refractivity contribution in [3.63, 3.8) is 0 Å². The highest BCUT2D eigenvalue weighted by Crippen LogP contribution is 2.38. The smallest absolute Gasteiger partial charge is 0.231 e. The van der Waals surface area contributed by atoms with Crippen LogP contribution in [0.2, 0.25) is 0 Å². The topological polar surface area (TPSA) is 72.9 Å². The molecule has 0 saturated carbocycles. The number of anilines is 2. The quantitative estimate of drug-likeness (QED) is 0.225. The highest BCUT2D eigenvalue weighted by Gasteiger charge is 2.18. The minimum Gasteiger partial charge on any atom is -0.493 e. The van der Waals surface area contributed by atoms with Crippen molar-refractivity contribution in [3.05, 3.63) is 95.8 Å². The molecule has 0 saturated heterocycles. The Kier molecular flexibility index (Phi) is 9.27. The lowest BCUT2D eigenvalue weighted by Gasteiger charge is -2.25. The van der Waals surface area contributed by atoms with E-state index in [0.717, 1.165) is 45.9 Å². The molecule has 0 aliphatic heterocycles. The molecule has 1 atom stereocenters. The number of pyridine rings is 1. The summed E-state index contributed by atoms with van der Waals surface area (Å²) in [5.74, 6) is 1.48. The zero-order valence-corrected chi connectivity index (χ0v) is 24.0. The normalized spacial score (nSPS) is 11.4. The van der Waals surface area contributed by atoms with Crippen molar-refractivity contribution in [2.45, 2.75) is 33.2 Å². The fraction of sp³-hybridized carbons (Fsp3) is 0.273. The van der Waals surface area contributed by atoms with Crippen LogP contribution in [0.25, 0.3) is 11.1 Å². The monoisotopic (exact) mass is 539 g/mol. The molecule has 0 spiro atoms. The van der Waals surface area contributed by atoms with Gasteiger partial charge in [0.05, 0.1) is 27.2 Å². The molecule has 4 aromatic rings. The second-order valence-electron chi connectivity index (χ2n) is 9.61. The van der Waals surface area contributed by atoms with E-state index in [4.69, 9.17) is 14.2 Å². The van der Waals surface area contributed by atoms with E-state index in [1.54, 1.807) is 27.5 Å². The van der Waals surface area contributed by atoms with Crippen LogP contribution in [0.4, 0.5) is 11.4 Å². The summed E-state index contributed by atoms with van der Waals surface area (Å²) in [4.78, 5) is 19.5. The Morgan fingerprint density at radius 2 is 1.52 bits per heavy atom. The van der Waals surface area contributed by atoms with Crippen LogP contribution in [0.15, 0.2) is 79.0 Å². The van der Waals surface area contributed by atoms with E-state index in [0.29, 0.717) is 23.8 Å². The van der Waals surface area contributed by atoms with Crippen molar-refractivity contribution >= 4 is 17.3 Å². The third-order valence-corrected chi connectivity index (χ3v) is 7.01. The van der Waals surface area contributed by atoms with Gasteiger partial charge in [-0.2, -0.15) is 0 Å². The van der Waals surface area contributed by atoms with Crippen molar-refractivity contribution in [2.75, 3.05) is 38.1 Å². The SMILES string of the molecule is CCN(Cc1cc(OC)c(OC)c(OC)c1)c1ccc(C(C)C(=O)Nc2ccc(-c3ccnc(C)c3)cc2)cc1. The number of methoxy groups -OCH3 is 3. The maximum atomic E-state index is 13.0. The van der Waals surface area contributed by atoms with Crippen molar-refractivity contribution in [3.8, 4) is 28.4 Å². The Balaban J connectivity index is 1.42. The van der Waals surface area contributed by atoms with Gasteiger partial charge in [0, 0.05) is 36.4 Å². The summed E-state index contributed by atoms with van der Waals surface area (Å²) < 4.78 is 16.5. The summed E-state index contributed by atoms with van der Waals surface area (Å²) >= 11 is 0. The van der Waals surface area contributed by atoms with E-state index < -0.39 is 0 Å². The number of hydrogen-bond donors (Lipinski definition) is 1. The average molecular weight is 540 g/mol. The number of ether oxygens (including phenoxy) is 3. The first-order valence-corrected chi connectivity index (χ1v) is 13.3. The number of carbonyl (C=O) groups excluding carboxylic acids is 1. The molecule has 1 N–H and O–H groups in total. The summed E-state index contributed by atoms with van der Waals surface area (Å²) in [6.45, 7) is 7.48. The maximum Gasteiger partial charge on any atom is 0.231 e. The van der Waals surface area contributed by atoms with E-state index in [2.05, 4.69) is 34.3 Å². The van der Waals surface area contributed by atoms with E-state index in [1.807, 2.05) is 74.5 Å². The van der Waals surface area contributed by atoms with Crippen LogP contribution in [-0.4, -0.2) is 38.8 Å². The van der Waals surface area contributed by atoms with Gasteiger partial charge in [-0.3, -0.25) is 9.78 Å². The van der Waals surface area contributed by atoms with Gasteiger partial charge in [0.25, 0.3) is 0 Å². The van der Waals surface area contributed by atoms with Crippen LogP contribution in [0.1, 0.15) is 36.6 Å². The zero-order chi connectivity index (χ0) is 28.6. The van der Waals surface area contributed by atoms with Crippen LogP contribution in [-0.2, 0) is 11.3 Å². The minimum absolute atomic E-state index is 0.0509. The lowest BCUT2D eigenvalue weighted by Crippen LogP contribution is -2.22. The summed E-state index contributed by atoms with van der Waals surface area (Å²) in [5, 5.41) is 3.05. The van der Waals surface area contributed by atoms with Gasteiger partial charge in [0.1, 0.15) is 0 Å². The molecule has 3 aromatic carbocycles. The van der Waals surface area contributed by atoms with E-state index in [-0.39, 0.29) is 11.8 Å². The van der Waals surface area contributed by atoms with Crippen LogP contribution in [0, 0.1) is 6.92 Å². The molecular weight excluding hydrogens is 502 g/mol. The van der Waals surface area contributed by atoms with Crippen molar-refractivity contribution in [2.24, 2.45) is 0 Å². The second kappa shape index (κ2) is 13.0. The Morgan fingerprint density at radius 1 is 0.875 bits per heavy atom. The molecule has 0 aliphatic rings. The summed E-state index contributed by atoms with van der Waals surface area (Å²) in [6.07, 6.45) is 1.81. The van der Waals surface area contributed by atoms with Crippen LogP contribution < -0.4 is 24.4 Å². The fourth-order valence-electron chi connectivity index (χ4n) is 4.68. The fourth-order valence-corrected chi connectivity index (χ4v) is 4.68.